The highest BCUT2D eigenvalue weighted by molar-refractivity contribution is 6.35. The minimum Gasteiger partial charge on any atom is -0.310 e. The van der Waals surface area contributed by atoms with Crippen molar-refractivity contribution in [2.75, 3.05) is 6.54 Å². The van der Waals surface area contributed by atoms with Crippen LogP contribution in [-0.4, -0.2) is 6.54 Å². The van der Waals surface area contributed by atoms with Crippen molar-refractivity contribution in [3.8, 4) is 0 Å². The molecule has 0 fully saturated rings. The van der Waals surface area contributed by atoms with Crippen LogP contribution in [0.3, 0.4) is 0 Å². The highest BCUT2D eigenvalue weighted by Gasteiger charge is 2.13. The van der Waals surface area contributed by atoms with Gasteiger partial charge in [0, 0.05) is 21.7 Å². The first-order valence-electron chi connectivity index (χ1n) is 6.60. The Hall–Kier alpha value is -1.16. The molecule has 21 heavy (non-hydrogen) atoms. The number of hydrogen-bond donors (Lipinski definition) is 1. The first kappa shape index (κ1) is 16.2. The van der Waals surface area contributed by atoms with Crippen LogP contribution in [-0.2, 0) is 6.42 Å². The van der Waals surface area contributed by atoms with E-state index in [2.05, 4.69) is 5.32 Å². The summed E-state index contributed by atoms with van der Waals surface area (Å²) in [7, 11) is 0. The van der Waals surface area contributed by atoms with Crippen molar-refractivity contribution in [1.82, 2.24) is 5.32 Å². The van der Waals surface area contributed by atoms with Gasteiger partial charge < -0.3 is 5.32 Å². The van der Waals surface area contributed by atoms with Gasteiger partial charge >= 0.3 is 0 Å². The summed E-state index contributed by atoms with van der Waals surface area (Å²) in [5, 5.41) is 4.35. The zero-order valence-corrected chi connectivity index (χ0v) is 13.0. The van der Waals surface area contributed by atoms with Crippen LogP contribution in [0.15, 0.2) is 36.4 Å². The van der Waals surface area contributed by atoms with Crippen LogP contribution in [0.4, 0.5) is 8.78 Å². The van der Waals surface area contributed by atoms with Crippen molar-refractivity contribution in [2.24, 2.45) is 0 Å². The lowest BCUT2D eigenvalue weighted by Crippen LogP contribution is -2.22. The van der Waals surface area contributed by atoms with Crippen molar-refractivity contribution in [3.05, 3.63) is 69.2 Å². The Morgan fingerprint density at radius 3 is 2.62 bits per heavy atom. The van der Waals surface area contributed by atoms with Gasteiger partial charge in [-0.25, -0.2) is 8.78 Å². The maximum absolute atomic E-state index is 13.7. The van der Waals surface area contributed by atoms with E-state index in [1.165, 1.54) is 6.07 Å². The van der Waals surface area contributed by atoms with E-state index in [0.29, 0.717) is 28.6 Å². The van der Waals surface area contributed by atoms with Crippen molar-refractivity contribution < 1.29 is 8.78 Å². The van der Waals surface area contributed by atoms with E-state index in [4.69, 9.17) is 23.2 Å². The van der Waals surface area contributed by atoms with Crippen molar-refractivity contribution >= 4 is 23.2 Å². The van der Waals surface area contributed by atoms with Crippen LogP contribution < -0.4 is 5.32 Å². The van der Waals surface area contributed by atoms with Gasteiger partial charge in [-0.1, -0.05) is 41.4 Å². The largest absolute Gasteiger partial charge is 0.310 e. The lowest BCUT2D eigenvalue weighted by Gasteiger charge is -2.15. The Balaban J connectivity index is 1.95. The standard InChI is InChI=1S/C16H15Cl2F2N/c1-10(13-3-2-4-15(19)16(13)20)21-8-7-11-5-6-12(17)9-14(11)18/h2-6,9-10,21H,7-8H2,1H3. The molecule has 0 amide bonds. The Bertz CT molecular complexity index is 632. The van der Waals surface area contributed by atoms with E-state index in [1.807, 2.05) is 6.07 Å². The molecule has 0 saturated carbocycles. The van der Waals surface area contributed by atoms with Crippen LogP contribution in [0, 0.1) is 11.6 Å². The summed E-state index contributed by atoms with van der Waals surface area (Å²) < 4.78 is 26.8. The Labute approximate surface area is 132 Å². The van der Waals surface area contributed by atoms with E-state index in [1.54, 1.807) is 25.1 Å². The van der Waals surface area contributed by atoms with Crippen LogP contribution in [0.25, 0.3) is 0 Å². The Kier molecular flexibility index (Phi) is 5.57. The van der Waals surface area contributed by atoms with Crippen molar-refractivity contribution in [3.63, 3.8) is 0 Å². The molecule has 2 aromatic carbocycles. The fourth-order valence-corrected chi connectivity index (χ4v) is 2.62. The Morgan fingerprint density at radius 1 is 1.14 bits per heavy atom. The van der Waals surface area contributed by atoms with Crippen LogP contribution in [0.5, 0.6) is 0 Å². The van der Waals surface area contributed by atoms with Gasteiger partial charge in [0.1, 0.15) is 0 Å². The maximum Gasteiger partial charge on any atom is 0.163 e. The molecule has 2 aromatic rings. The molecule has 1 nitrogen and oxygen atoms in total. The Morgan fingerprint density at radius 2 is 1.90 bits per heavy atom. The third-order valence-electron chi connectivity index (χ3n) is 3.31. The predicted molar refractivity (Wildman–Crippen MR) is 82.9 cm³/mol. The number of nitrogens with one attached hydrogen (secondary N) is 1. The van der Waals surface area contributed by atoms with Crippen LogP contribution in [0.2, 0.25) is 10.0 Å². The minimum absolute atomic E-state index is 0.285. The quantitative estimate of drug-likeness (QED) is 0.798. The molecule has 0 bridgehead atoms. The second kappa shape index (κ2) is 7.21. The summed E-state index contributed by atoms with van der Waals surface area (Å²) in [6, 6.07) is 9.23. The molecule has 2 rings (SSSR count). The highest BCUT2D eigenvalue weighted by atomic mass is 35.5. The van der Waals surface area contributed by atoms with E-state index in [0.717, 1.165) is 11.6 Å². The molecule has 0 spiro atoms. The average molecular weight is 330 g/mol. The van der Waals surface area contributed by atoms with Crippen LogP contribution in [0.1, 0.15) is 24.1 Å². The zero-order chi connectivity index (χ0) is 15.4. The summed E-state index contributed by atoms with van der Waals surface area (Å²) >= 11 is 11.9. The molecule has 0 aromatic heterocycles. The topological polar surface area (TPSA) is 12.0 Å². The van der Waals surface area contributed by atoms with E-state index < -0.39 is 11.6 Å². The van der Waals surface area contributed by atoms with Gasteiger partial charge in [-0.2, -0.15) is 0 Å². The monoisotopic (exact) mass is 329 g/mol. The van der Waals surface area contributed by atoms with Crippen LogP contribution >= 0.6 is 23.2 Å². The fraction of sp³-hybridized carbons (Fsp3) is 0.250. The number of benzene rings is 2. The van der Waals surface area contributed by atoms with E-state index >= 15 is 0 Å². The third kappa shape index (κ3) is 4.16. The molecule has 1 atom stereocenters. The number of hydrogen-bond acceptors (Lipinski definition) is 1. The molecular formula is C16H15Cl2F2N. The summed E-state index contributed by atoms with van der Waals surface area (Å²) in [5.41, 5.74) is 1.28. The number of halogens is 4. The molecule has 0 heterocycles. The number of rotatable bonds is 5. The molecule has 5 heteroatoms. The lowest BCUT2D eigenvalue weighted by atomic mass is 10.1. The highest BCUT2D eigenvalue weighted by Crippen LogP contribution is 2.22. The van der Waals surface area contributed by atoms with Gasteiger partial charge in [0.15, 0.2) is 11.6 Å². The van der Waals surface area contributed by atoms with Crippen molar-refractivity contribution in [1.29, 1.82) is 0 Å². The second-order valence-corrected chi connectivity index (χ2v) is 5.65. The molecule has 1 N–H and O–H groups in total. The lowest BCUT2D eigenvalue weighted by molar-refractivity contribution is 0.474. The van der Waals surface area contributed by atoms with Crippen molar-refractivity contribution in [2.45, 2.75) is 19.4 Å². The van der Waals surface area contributed by atoms with Gasteiger partial charge in [0.2, 0.25) is 0 Å². The maximum atomic E-state index is 13.7. The average Bonchev–Trinajstić information content (AvgIpc) is 2.44. The van der Waals surface area contributed by atoms with Gasteiger partial charge in [0.25, 0.3) is 0 Å². The second-order valence-electron chi connectivity index (χ2n) is 4.80. The predicted octanol–water partition coefficient (Wildman–Crippen LogP) is 5.16. The first-order valence-corrected chi connectivity index (χ1v) is 7.36. The molecule has 1 unspecified atom stereocenters. The molecule has 0 saturated heterocycles. The molecule has 0 aliphatic rings. The van der Waals surface area contributed by atoms with E-state index in [-0.39, 0.29) is 6.04 Å². The summed E-state index contributed by atoms with van der Waals surface area (Å²) in [5.74, 6) is -1.64. The summed E-state index contributed by atoms with van der Waals surface area (Å²) in [6.45, 7) is 2.39. The van der Waals surface area contributed by atoms with Gasteiger partial charge in [0.05, 0.1) is 0 Å². The van der Waals surface area contributed by atoms with Gasteiger partial charge in [-0.15, -0.1) is 0 Å². The normalized spacial score (nSPS) is 12.4. The molecule has 0 radical (unpaired) electrons. The minimum atomic E-state index is -0.832. The SMILES string of the molecule is CC(NCCc1ccc(Cl)cc1Cl)c1cccc(F)c1F. The van der Waals surface area contributed by atoms with Gasteiger partial charge in [-0.3, -0.25) is 0 Å². The molecule has 0 aliphatic heterocycles. The smallest absolute Gasteiger partial charge is 0.163 e. The molecule has 0 aliphatic carbocycles. The zero-order valence-electron chi connectivity index (χ0n) is 11.5. The fourth-order valence-electron chi connectivity index (χ4n) is 2.11. The third-order valence-corrected chi connectivity index (χ3v) is 3.89. The van der Waals surface area contributed by atoms with Gasteiger partial charge in [-0.05, 0) is 43.7 Å². The first-order chi connectivity index (χ1) is 9.99. The summed E-state index contributed by atoms with van der Waals surface area (Å²) in [4.78, 5) is 0. The molecular weight excluding hydrogens is 315 g/mol. The molecule has 112 valence electrons. The van der Waals surface area contributed by atoms with E-state index in [9.17, 15) is 8.78 Å². The summed E-state index contributed by atoms with van der Waals surface area (Å²) in [6.07, 6.45) is 0.678.